The highest BCUT2D eigenvalue weighted by Crippen LogP contribution is 2.44. The molecule has 1 amide bonds. The third-order valence-corrected chi connectivity index (χ3v) is 5.31. The van der Waals surface area contributed by atoms with Crippen LogP contribution in [0.5, 0.6) is 0 Å². The van der Waals surface area contributed by atoms with Gasteiger partial charge >= 0.3 is 0 Å². The Morgan fingerprint density at radius 2 is 1.84 bits per heavy atom. The van der Waals surface area contributed by atoms with Crippen LogP contribution in [0.4, 0.5) is 8.78 Å². The summed E-state index contributed by atoms with van der Waals surface area (Å²) < 4.78 is 27.7. The second-order valence-corrected chi connectivity index (χ2v) is 7.49. The van der Waals surface area contributed by atoms with E-state index in [0.29, 0.717) is 24.9 Å². The summed E-state index contributed by atoms with van der Waals surface area (Å²) in [5.41, 5.74) is 0.102. The van der Waals surface area contributed by atoms with Crippen molar-refractivity contribution in [3.05, 3.63) is 71.3 Å². The van der Waals surface area contributed by atoms with Gasteiger partial charge in [-0.3, -0.25) is 4.79 Å². The first-order chi connectivity index (χ1) is 11.8. The molecule has 1 aliphatic rings. The van der Waals surface area contributed by atoms with E-state index in [2.05, 4.69) is 5.32 Å². The molecule has 132 valence electrons. The summed E-state index contributed by atoms with van der Waals surface area (Å²) >= 11 is 0. The lowest BCUT2D eigenvalue weighted by Crippen LogP contribution is -2.51. The molecule has 4 heteroatoms. The first-order valence-corrected chi connectivity index (χ1v) is 8.65. The topological polar surface area (TPSA) is 29.1 Å². The molecule has 0 heterocycles. The smallest absolute Gasteiger partial charge is 0.230 e. The van der Waals surface area contributed by atoms with Crippen LogP contribution in [0.15, 0.2) is 48.5 Å². The fourth-order valence-electron chi connectivity index (χ4n) is 3.54. The molecule has 25 heavy (non-hydrogen) atoms. The SMILES string of the molecule is CC(C)(CNC(=O)C1(c2cccc(F)c2)CCC1)c1ccccc1F. The fourth-order valence-corrected chi connectivity index (χ4v) is 3.54. The number of benzene rings is 2. The summed E-state index contributed by atoms with van der Waals surface area (Å²) in [7, 11) is 0. The van der Waals surface area contributed by atoms with Crippen molar-refractivity contribution < 1.29 is 13.6 Å². The Hall–Kier alpha value is -2.23. The van der Waals surface area contributed by atoms with Crippen LogP contribution >= 0.6 is 0 Å². The number of halogens is 2. The number of carbonyl (C=O) groups is 1. The number of hydrogen-bond donors (Lipinski definition) is 1. The van der Waals surface area contributed by atoms with E-state index in [-0.39, 0.29) is 17.5 Å². The van der Waals surface area contributed by atoms with Crippen molar-refractivity contribution in [3.8, 4) is 0 Å². The molecular weight excluding hydrogens is 320 g/mol. The van der Waals surface area contributed by atoms with Crippen molar-refractivity contribution in [3.63, 3.8) is 0 Å². The van der Waals surface area contributed by atoms with Crippen molar-refractivity contribution in [2.75, 3.05) is 6.54 Å². The highest BCUT2D eigenvalue weighted by Gasteiger charge is 2.46. The van der Waals surface area contributed by atoms with Crippen LogP contribution in [0.3, 0.4) is 0 Å². The van der Waals surface area contributed by atoms with Crippen LogP contribution in [0, 0.1) is 11.6 Å². The monoisotopic (exact) mass is 343 g/mol. The van der Waals surface area contributed by atoms with Crippen LogP contribution < -0.4 is 5.32 Å². The standard InChI is InChI=1S/C21H23F2NO/c1-20(2,17-9-3-4-10-18(17)23)14-24-19(25)21(11-6-12-21)15-7-5-8-16(22)13-15/h3-5,7-10,13H,6,11-12,14H2,1-2H3,(H,24,25). The van der Waals surface area contributed by atoms with Gasteiger partial charge in [-0.05, 0) is 42.2 Å². The third kappa shape index (κ3) is 3.30. The first-order valence-electron chi connectivity index (χ1n) is 8.65. The lowest BCUT2D eigenvalue weighted by atomic mass is 9.63. The molecule has 0 radical (unpaired) electrons. The zero-order valence-electron chi connectivity index (χ0n) is 14.6. The third-order valence-electron chi connectivity index (χ3n) is 5.31. The highest BCUT2D eigenvalue weighted by atomic mass is 19.1. The fraction of sp³-hybridized carbons (Fsp3) is 0.381. The van der Waals surface area contributed by atoms with Crippen LogP contribution in [0.1, 0.15) is 44.2 Å². The molecule has 0 unspecified atom stereocenters. The Labute approximate surface area is 147 Å². The molecule has 1 N–H and O–H groups in total. The molecule has 1 saturated carbocycles. The Kier molecular flexibility index (Phi) is 4.63. The van der Waals surface area contributed by atoms with Crippen LogP contribution in [0.25, 0.3) is 0 Å². The Morgan fingerprint density at radius 3 is 2.44 bits per heavy atom. The zero-order valence-corrected chi connectivity index (χ0v) is 14.6. The predicted octanol–water partition coefficient (Wildman–Crippen LogP) is 4.48. The summed E-state index contributed by atoms with van der Waals surface area (Å²) in [4.78, 5) is 12.9. The van der Waals surface area contributed by atoms with E-state index >= 15 is 0 Å². The van der Waals surface area contributed by atoms with Crippen LogP contribution in [-0.2, 0) is 15.6 Å². The molecule has 3 rings (SSSR count). The van der Waals surface area contributed by atoms with Crippen molar-refractivity contribution in [2.45, 2.75) is 43.9 Å². The molecule has 2 nitrogen and oxygen atoms in total. The average molecular weight is 343 g/mol. The predicted molar refractivity (Wildman–Crippen MR) is 94.4 cm³/mol. The van der Waals surface area contributed by atoms with Gasteiger partial charge in [-0.15, -0.1) is 0 Å². The molecule has 0 spiro atoms. The number of rotatable bonds is 5. The maximum Gasteiger partial charge on any atom is 0.230 e. The molecule has 2 aromatic carbocycles. The van der Waals surface area contributed by atoms with E-state index in [1.165, 1.54) is 18.2 Å². The normalized spacial score (nSPS) is 16.2. The number of hydrogen-bond acceptors (Lipinski definition) is 1. The van der Waals surface area contributed by atoms with E-state index in [0.717, 1.165) is 12.0 Å². The van der Waals surface area contributed by atoms with E-state index in [4.69, 9.17) is 0 Å². The Bertz CT molecular complexity index is 781. The lowest BCUT2D eigenvalue weighted by Gasteiger charge is -2.41. The van der Waals surface area contributed by atoms with Gasteiger partial charge in [-0.1, -0.05) is 50.6 Å². The van der Waals surface area contributed by atoms with Crippen molar-refractivity contribution >= 4 is 5.91 Å². The van der Waals surface area contributed by atoms with Gasteiger partial charge in [-0.25, -0.2) is 8.78 Å². The van der Waals surface area contributed by atoms with Crippen molar-refractivity contribution in [1.82, 2.24) is 5.32 Å². The summed E-state index contributed by atoms with van der Waals surface area (Å²) in [6, 6.07) is 12.9. The Balaban J connectivity index is 1.76. The maximum atomic E-state index is 14.1. The van der Waals surface area contributed by atoms with Gasteiger partial charge < -0.3 is 5.32 Å². The molecule has 0 aliphatic heterocycles. The molecule has 0 bridgehead atoms. The minimum absolute atomic E-state index is 0.103. The van der Waals surface area contributed by atoms with Gasteiger partial charge in [0, 0.05) is 12.0 Å². The number of amides is 1. The molecule has 0 aromatic heterocycles. The summed E-state index contributed by atoms with van der Waals surface area (Å²) in [5.74, 6) is -0.706. The Morgan fingerprint density at radius 1 is 1.12 bits per heavy atom. The van der Waals surface area contributed by atoms with E-state index in [1.54, 1.807) is 24.3 Å². The molecular formula is C21H23F2NO. The second kappa shape index (κ2) is 6.58. The maximum absolute atomic E-state index is 14.1. The van der Waals surface area contributed by atoms with E-state index in [1.807, 2.05) is 19.9 Å². The summed E-state index contributed by atoms with van der Waals surface area (Å²) in [6.07, 6.45) is 2.37. The van der Waals surface area contributed by atoms with Gasteiger partial charge in [-0.2, -0.15) is 0 Å². The minimum Gasteiger partial charge on any atom is -0.354 e. The van der Waals surface area contributed by atoms with Crippen LogP contribution in [-0.4, -0.2) is 12.5 Å². The quantitative estimate of drug-likeness (QED) is 0.852. The van der Waals surface area contributed by atoms with Gasteiger partial charge in [0.15, 0.2) is 0 Å². The largest absolute Gasteiger partial charge is 0.354 e. The second-order valence-electron chi connectivity index (χ2n) is 7.49. The van der Waals surface area contributed by atoms with Gasteiger partial charge in [0.05, 0.1) is 5.41 Å². The highest BCUT2D eigenvalue weighted by molar-refractivity contribution is 5.89. The molecule has 1 fully saturated rings. The van der Waals surface area contributed by atoms with E-state index < -0.39 is 10.8 Å². The van der Waals surface area contributed by atoms with Gasteiger partial charge in [0.25, 0.3) is 0 Å². The van der Waals surface area contributed by atoms with Gasteiger partial charge in [0.2, 0.25) is 5.91 Å². The van der Waals surface area contributed by atoms with Gasteiger partial charge in [0.1, 0.15) is 11.6 Å². The molecule has 0 atom stereocenters. The van der Waals surface area contributed by atoms with Crippen molar-refractivity contribution in [1.29, 1.82) is 0 Å². The van der Waals surface area contributed by atoms with Crippen LogP contribution in [0.2, 0.25) is 0 Å². The molecule has 1 aliphatic carbocycles. The summed E-state index contributed by atoms with van der Waals surface area (Å²) in [6.45, 7) is 4.13. The summed E-state index contributed by atoms with van der Waals surface area (Å²) in [5, 5.41) is 2.98. The molecule has 2 aromatic rings. The average Bonchev–Trinajstić information content (AvgIpc) is 2.52. The lowest BCUT2D eigenvalue weighted by molar-refractivity contribution is -0.130. The first kappa shape index (κ1) is 17.6. The zero-order chi connectivity index (χ0) is 18.1. The van der Waals surface area contributed by atoms with E-state index in [9.17, 15) is 13.6 Å². The number of carbonyl (C=O) groups excluding carboxylic acids is 1. The van der Waals surface area contributed by atoms with Crippen molar-refractivity contribution in [2.24, 2.45) is 0 Å². The minimum atomic E-state index is -0.659. The molecule has 0 saturated heterocycles. The number of nitrogens with one attached hydrogen (secondary N) is 1.